The average molecular weight is 142 g/mol. The van der Waals surface area contributed by atoms with Crippen LogP contribution < -0.4 is 0 Å². The Balaban J connectivity index is 2.64. The molecule has 0 bridgehead atoms. The van der Waals surface area contributed by atoms with E-state index in [1.165, 1.54) is 0 Å². The molecule has 0 saturated carbocycles. The van der Waals surface area contributed by atoms with E-state index >= 15 is 0 Å². The molecule has 0 aromatic carbocycles. The van der Waals surface area contributed by atoms with E-state index in [-0.39, 0.29) is 17.3 Å². The maximum absolute atomic E-state index is 11.0. The number of cyclic esters (lactones) is 1. The molecular formula is C8H14O2. The second-order valence-corrected chi connectivity index (χ2v) is 3.87. The summed E-state index contributed by atoms with van der Waals surface area (Å²) in [4.78, 5) is 11.0. The molecule has 0 aliphatic carbocycles. The van der Waals surface area contributed by atoms with Crippen molar-refractivity contribution in [2.75, 3.05) is 6.61 Å². The maximum Gasteiger partial charge on any atom is 0.309 e. The molecule has 0 unspecified atom stereocenters. The van der Waals surface area contributed by atoms with Crippen molar-refractivity contribution in [1.82, 2.24) is 0 Å². The van der Waals surface area contributed by atoms with Gasteiger partial charge in [0.25, 0.3) is 0 Å². The molecule has 1 aliphatic heterocycles. The smallest absolute Gasteiger partial charge is 0.309 e. The minimum Gasteiger partial charge on any atom is -0.465 e. The Hall–Kier alpha value is -0.530. The van der Waals surface area contributed by atoms with Gasteiger partial charge in [0.2, 0.25) is 0 Å². The second kappa shape index (κ2) is 2.26. The third-order valence-corrected chi connectivity index (χ3v) is 1.98. The molecule has 1 atom stereocenters. The normalized spacial score (nSPS) is 26.7. The van der Waals surface area contributed by atoms with Crippen molar-refractivity contribution in [1.29, 1.82) is 0 Å². The number of hydrogen-bond donors (Lipinski definition) is 0. The van der Waals surface area contributed by atoms with E-state index in [1.807, 2.05) is 0 Å². The largest absolute Gasteiger partial charge is 0.465 e. The highest BCUT2D eigenvalue weighted by Gasteiger charge is 2.36. The lowest BCUT2D eigenvalue weighted by Crippen LogP contribution is -2.24. The van der Waals surface area contributed by atoms with Crippen LogP contribution in [0.4, 0.5) is 0 Å². The molecule has 0 spiro atoms. The molecule has 0 N–H and O–H groups in total. The van der Waals surface area contributed by atoms with E-state index < -0.39 is 0 Å². The molecule has 2 nitrogen and oxygen atoms in total. The Kier molecular flexibility index (Phi) is 1.71. The van der Waals surface area contributed by atoms with Gasteiger partial charge in [-0.05, 0) is 11.8 Å². The van der Waals surface area contributed by atoms with Gasteiger partial charge in [0.15, 0.2) is 0 Å². The molecule has 1 fully saturated rings. The Morgan fingerprint density at radius 3 is 2.30 bits per heavy atom. The molecular weight excluding hydrogens is 128 g/mol. The number of hydrogen-bond acceptors (Lipinski definition) is 2. The van der Waals surface area contributed by atoms with Gasteiger partial charge in [-0.2, -0.15) is 0 Å². The molecule has 1 heterocycles. The van der Waals surface area contributed by atoms with Crippen molar-refractivity contribution in [3.63, 3.8) is 0 Å². The molecule has 1 rings (SSSR count). The van der Waals surface area contributed by atoms with Gasteiger partial charge in [0.1, 0.15) is 0 Å². The van der Waals surface area contributed by atoms with Crippen LogP contribution in [0.25, 0.3) is 0 Å². The molecule has 1 saturated heterocycles. The third kappa shape index (κ3) is 1.31. The zero-order valence-corrected chi connectivity index (χ0v) is 6.81. The second-order valence-electron chi connectivity index (χ2n) is 3.87. The van der Waals surface area contributed by atoms with Crippen LogP contribution in [-0.4, -0.2) is 12.6 Å². The number of carbonyl (C=O) groups excluding carboxylic acids is 1. The summed E-state index contributed by atoms with van der Waals surface area (Å²) in [5.74, 6) is 0.0972. The van der Waals surface area contributed by atoms with Gasteiger partial charge in [0.05, 0.1) is 12.5 Å². The summed E-state index contributed by atoms with van der Waals surface area (Å²) >= 11 is 0. The van der Waals surface area contributed by atoms with Crippen LogP contribution in [-0.2, 0) is 9.53 Å². The van der Waals surface area contributed by atoms with E-state index in [0.717, 1.165) is 6.42 Å². The van der Waals surface area contributed by atoms with Crippen molar-refractivity contribution >= 4 is 5.97 Å². The first-order chi connectivity index (χ1) is 4.52. The van der Waals surface area contributed by atoms with Crippen LogP contribution in [0, 0.1) is 11.3 Å². The summed E-state index contributed by atoms with van der Waals surface area (Å²) in [5, 5.41) is 0. The summed E-state index contributed by atoms with van der Waals surface area (Å²) in [6.45, 7) is 6.83. The summed E-state index contributed by atoms with van der Waals surface area (Å²) in [6, 6.07) is 0. The lowest BCUT2D eigenvalue weighted by Gasteiger charge is -2.22. The minimum atomic E-state index is -0.0208. The molecule has 2 heteroatoms. The van der Waals surface area contributed by atoms with Crippen molar-refractivity contribution in [2.24, 2.45) is 11.3 Å². The summed E-state index contributed by atoms with van der Waals surface area (Å²) in [7, 11) is 0. The fourth-order valence-electron chi connectivity index (χ4n) is 1.28. The summed E-state index contributed by atoms with van der Waals surface area (Å²) < 4.78 is 4.85. The minimum absolute atomic E-state index is 0.0208. The van der Waals surface area contributed by atoms with E-state index in [9.17, 15) is 4.79 Å². The highest BCUT2D eigenvalue weighted by molar-refractivity contribution is 5.74. The third-order valence-electron chi connectivity index (χ3n) is 1.98. The Morgan fingerprint density at radius 1 is 1.50 bits per heavy atom. The molecule has 0 radical (unpaired) electrons. The van der Waals surface area contributed by atoms with Crippen LogP contribution in [0.2, 0.25) is 0 Å². The van der Waals surface area contributed by atoms with Crippen LogP contribution >= 0.6 is 0 Å². The topological polar surface area (TPSA) is 26.3 Å². The van der Waals surface area contributed by atoms with Gasteiger partial charge in [-0.25, -0.2) is 0 Å². The first-order valence-electron chi connectivity index (χ1n) is 3.68. The number of rotatable bonds is 0. The van der Waals surface area contributed by atoms with Gasteiger partial charge in [-0.1, -0.05) is 20.8 Å². The summed E-state index contributed by atoms with van der Waals surface area (Å²) in [5.41, 5.74) is 0.0770. The highest BCUT2D eigenvalue weighted by atomic mass is 16.5. The van der Waals surface area contributed by atoms with Crippen LogP contribution in [0.15, 0.2) is 0 Å². The van der Waals surface area contributed by atoms with Crippen molar-refractivity contribution < 1.29 is 9.53 Å². The zero-order valence-electron chi connectivity index (χ0n) is 6.81. The van der Waals surface area contributed by atoms with E-state index in [0.29, 0.717) is 6.61 Å². The van der Waals surface area contributed by atoms with Gasteiger partial charge in [0, 0.05) is 0 Å². The zero-order chi connectivity index (χ0) is 7.78. The first kappa shape index (κ1) is 7.58. The molecule has 10 heavy (non-hydrogen) atoms. The first-order valence-corrected chi connectivity index (χ1v) is 3.68. The number of carbonyl (C=O) groups is 1. The highest BCUT2D eigenvalue weighted by Crippen LogP contribution is 2.32. The lowest BCUT2D eigenvalue weighted by molar-refractivity contribution is -0.143. The van der Waals surface area contributed by atoms with Gasteiger partial charge < -0.3 is 4.74 Å². The quantitative estimate of drug-likeness (QED) is 0.480. The van der Waals surface area contributed by atoms with Crippen molar-refractivity contribution in [3.8, 4) is 0 Å². The molecule has 1 aliphatic rings. The Labute approximate surface area is 61.6 Å². The number of esters is 1. The summed E-state index contributed by atoms with van der Waals surface area (Å²) in [6.07, 6.45) is 0.891. The van der Waals surface area contributed by atoms with Crippen LogP contribution in [0.1, 0.15) is 27.2 Å². The van der Waals surface area contributed by atoms with E-state index in [2.05, 4.69) is 20.8 Å². The molecule has 0 aromatic heterocycles. The van der Waals surface area contributed by atoms with Gasteiger partial charge in [-0.3, -0.25) is 4.79 Å². The van der Waals surface area contributed by atoms with E-state index in [1.54, 1.807) is 0 Å². The standard InChI is InChI=1S/C8H14O2/c1-8(2,3)6-4-5-10-7(6)9/h6H,4-5H2,1-3H3/t6-/m1/s1. The predicted octanol–water partition coefficient (Wildman–Crippen LogP) is 1.60. The van der Waals surface area contributed by atoms with Gasteiger partial charge in [-0.15, -0.1) is 0 Å². The number of ether oxygens (including phenoxy) is 1. The maximum atomic E-state index is 11.0. The average Bonchev–Trinajstić information content (AvgIpc) is 2.11. The lowest BCUT2D eigenvalue weighted by atomic mass is 9.80. The van der Waals surface area contributed by atoms with Gasteiger partial charge >= 0.3 is 5.97 Å². The van der Waals surface area contributed by atoms with Crippen molar-refractivity contribution in [2.45, 2.75) is 27.2 Å². The fourth-order valence-corrected chi connectivity index (χ4v) is 1.28. The SMILES string of the molecule is CC(C)(C)[C@@H]1CCOC1=O. The van der Waals surface area contributed by atoms with Crippen molar-refractivity contribution in [3.05, 3.63) is 0 Å². The Morgan fingerprint density at radius 2 is 2.10 bits per heavy atom. The van der Waals surface area contributed by atoms with E-state index in [4.69, 9.17) is 4.74 Å². The van der Waals surface area contributed by atoms with Crippen LogP contribution in [0.3, 0.4) is 0 Å². The predicted molar refractivity (Wildman–Crippen MR) is 38.5 cm³/mol. The molecule has 58 valence electrons. The Bertz CT molecular complexity index is 144. The van der Waals surface area contributed by atoms with Crippen LogP contribution in [0.5, 0.6) is 0 Å². The monoisotopic (exact) mass is 142 g/mol. The fraction of sp³-hybridized carbons (Fsp3) is 0.875. The molecule has 0 aromatic rings. The molecule has 0 amide bonds.